The lowest BCUT2D eigenvalue weighted by atomic mass is 10.3. The van der Waals surface area contributed by atoms with Gasteiger partial charge in [0.15, 0.2) is 5.82 Å². The molecule has 0 bridgehead atoms. The van der Waals surface area contributed by atoms with Crippen LogP contribution in [0, 0.1) is 6.92 Å². The second-order valence-electron chi connectivity index (χ2n) is 5.26. The van der Waals surface area contributed by atoms with E-state index in [0.717, 1.165) is 30.9 Å². The minimum atomic E-state index is 0.454. The van der Waals surface area contributed by atoms with Crippen molar-refractivity contribution in [3.8, 4) is 11.5 Å². The van der Waals surface area contributed by atoms with Crippen LogP contribution in [0.3, 0.4) is 0 Å². The van der Waals surface area contributed by atoms with Crippen LogP contribution in [0.15, 0.2) is 17.0 Å². The lowest BCUT2D eigenvalue weighted by Crippen LogP contribution is -2.22. The molecule has 0 amide bonds. The van der Waals surface area contributed by atoms with Crippen molar-refractivity contribution in [2.24, 2.45) is 0 Å². The van der Waals surface area contributed by atoms with E-state index in [4.69, 9.17) is 4.52 Å². The second kappa shape index (κ2) is 6.62. The largest absolute Gasteiger partial charge is 0.369 e. The number of nitrogens with zero attached hydrogens (tertiary/aromatic N) is 5. The summed E-state index contributed by atoms with van der Waals surface area (Å²) in [4.78, 5) is 15.0. The summed E-state index contributed by atoms with van der Waals surface area (Å²) in [6, 6.07) is 0. The summed E-state index contributed by atoms with van der Waals surface area (Å²) >= 11 is 0. The zero-order chi connectivity index (χ0) is 14.5. The summed E-state index contributed by atoms with van der Waals surface area (Å²) in [7, 11) is 0. The van der Waals surface area contributed by atoms with E-state index in [0.29, 0.717) is 11.7 Å². The van der Waals surface area contributed by atoms with Crippen LogP contribution in [-0.4, -0.2) is 51.2 Å². The van der Waals surface area contributed by atoms with Crippen LogP contribution in [0.2, 0.25) is 0 Å². The van der Waals surface area contributed by atoms with Crippen LogP contribution in [-0.2, 0) is 0 Å². The van der Waals surface area contributed by atoms with Gasteiger partial charge >= 0.3 is 0 Å². The molecule has 112 valence electrons. The third-order valence-electron chi connectivity index (χ3n) is 3.61. The van der Waals surface area contributed by atoms with Crippen molar-refractivity contribution in [1.29, 1.82) is 0 Å². The van der Waals surface area contributed by atoms with Gasteiger partial charge < -0.3 is 14.7 Å². The van der Waals surface area contributed by atoms with Crippen LogP contribution >= 0.6 is 0 Å². The molecule has 0 atom stereocenters. The maximum absolute atomic E-state index is 5.19. The summed E-state index contributed by atoms with van der Waals surface area (Å²) in [5.41, 5.74) is 0.749. The Hall–Kier alpha value is -2.02. The third kappa shape index (κ3) is 3.55. The molecule has 1 fully saturated rings. The quantitative estimate of drug-likeness (QED) is 0.811. The van der Waals surface area contributed by atoms with Gasteiger partial charge in [0, 0.05) is 12.7 Å². The SMILES string of the molecule is Cc1noc(-c2cncnc2NCCCN2CCCC2)n1. The summed E-state index contributed by atoms with van der Waals surface area (Å²) in [6.45, 7) is 6.26. The molecule has 0 aromatic carbocycles. The summed E-state index contributed by atoms with van der Waals surface area (Å²) < 4.78 is 5.19. The Labute approximate surface area is 123 Å². The fraction of sp³-hybridized carbons (Fsp3) is 0.571. The summed E-state index contributed by atoms with van der Waals surface area (Å²) in [5, 5.41) is 7.15. The van der Waals surface area contributed by atoms with E-state index in [1.54, 1.807) is 13.1 Å². The molecule has 1 aliphatic heterocycles. The average Bonchev–Trinajstić information content (AvgIpc) is 3.15. The molecule has 2 aromatic heterocycles. The van der Waals surface area contributed by atoms with Gasteiger partial charge in [-0.05, 0) is 45.8 Å². The first kappa shape index (κ1) is 13.9. The van der Waals surface area contributed by atoms with Gasteiger partial charge in [0.1, 0.15) is 17.7 Å². The number of hydrogen-bond donors (Lipinski definition) is 1. The molecule has 21 heavy (non-hydrogen) atoms. The number of nitrogens with one attached hydrogen (secondary N) is 1. The first-order chi connectivity index (χ1) is 10.3. The molecule has 0 saturated carbocycles. The van der Waals surface area contributed by atoms with Gasteiger partial charge in [-0.15, -0.1) is 0 Å². The number of rotatable bonds is 6. The molecule has 0 aliphatic carbocycles. The van der Waals surface area contributed by atoms with Crippen molar-refractivity contribution in [2.45, 2.75) is 26.2 Å². The van der Waals surface area contributed by atoms with Gasteiger partial charge in [0.05, 0.1) is 0 Å². The number of anilines is 1. The Morgan fingerprint density at radius 1 is 1.33 bits per heavy atom. The van der Waals surface area contributed by atoms with Gasteiger partial charge in [0.2, 0.25) is 0 Å². The Bertz CT molecular complexity index is 578. The molecule has 2 aromatic rings. The van der Waals surface area contributed by atoms with E-state index >= 15 is 0 Å². The van der Waals surface area contributed by atoms with E-state index in [-0.39, 0.29) is 0 Å². The van der Waals surface area contributed by atoms with Crippen molar-refractivity contribution < 1.29 is 4.52 Å². The maximum atomic E-state index is 5.19. The van der Waals surface area contributed by atoms with Gasteiger partial charge in [-0.25, -0.2) is 9.97 Å². The van der Waals surface area contributed by atoms with Gasteiger partial charge in [-0.1, -0.05) is 5.16 Å². The number of aromatic nitrogens is 4. The van der Waals surface area contributed by atoms with Gasteiger partial charge in [-0.2, -0.15) is 4.98 Å². The molecule has 0 spiro atoms. The molecule has 3 rings (SSSR count). The van der Waals surface area contributed by atoms with Crippen molar-refractivity contribution in [1.82, 2.24) is 25.0 Å². The molecule has 7 nitrogen and oxygen atoms in total. The van der Waals surface area contributed by atoms with E-state index in [9.17, 15) is 0 Å². The summed E-state index contributed by atoms with van der Waals surface area (Å²) in [5.74, 6) is 1.80. The predicted octanol–water partition coefficient (Wildman–Crippen LogP) is 1.73. The Morgan fingerprint density at radius 2 is 2.19 bits per heavy atom. The minimum Gasteiger partial charge on any atom is -0.369 e. The first-order valence-corrected chi connectivity index (χ1v) is 7.40. The van der Waals surface area contributed by atoms with Crippen LogP contribution in [0.1, 0.15) is 25.1 Å². The van der Waals surface area contributed by atoms with E-state index < -0.39 is 0 Å². The highest BCUT2D eigenvalue weighted by Gasteiger charge is 2.13. The van der Waals surface area contributed by atoms with Crippen molar-refractivity contribution >= 4 is 5.82 Å². The van der Waals surface area contributed by atoms with Gasteiger partial charge in [-0.3, -0.25) is 0 Å². The molecule has 3 heterocycles. The highest BCUT2D eigenvalue weighted by molar-refractivity contribution is 5.67. The fourth-order valence-corrected chi connectivity index (χ4v) is 2.55. The monoisotopic (exact) mass is 288 g/mol. The molecular weight excluding hydrogens is 268 g/mol. The summed E-state index contributed by atoms with van der Waals surface area (Å²) in [6.07, 6.45) is 6.98. The smallest absolute Gasteiger partial charge is 0.263 e. The standard InChI is InChI=1S/C14H20N6O/c1-11-18-14(21-19-11)12-9-15-10-17-13(12)16-5-4-8-20-6-2-3-7-20/h9-10H,2-8H2,1H3,(H,15,16,17). The van der Waals surface area contributed by atoms with E-state index in [1.165, 1.54) is 32.3 Å². The minimum absolute atomic E-state index is 0.454. The van der Waals surface area contributed by atoms with Crippen molar-refractivity contribution in [3.63, 3.8) is 0 Å². The maximum Gasteiger partial charge on any atom is 0.263 e. The van der Waals surface area contributed by atoms with Crippen LogP contribution in [0.5, 0.6) is 0 Å². The highest BCUT2D eigenvalue weighted by Crippen LogP contribution is 2.23. The van der Waals surface area contributed by atoms with Gasteiger partial charge in [0.25, 0.3) is 5.89 Å². The van der Waals surface area contributed by atoms with Crippen LogP contribution < -0.4 is 5.32 Å². The predicted molar refractivity (Wildman–Crippen MR) is 78.8 cm³/mol. The van der Waals surface area contributed by atoms with Crippen molar-refractivity contribution in [2.75, 3.05) is 31.5 Å². The zero-order valence-corrected chi connectivity index (χ0v) is 12.2. The molecule has 0 radical (unpaired) electrons. The molecule has 7 heteroatoms. The Balaban J connectivity index is 1.57. The average molecular weight is 288 g/mol. The fourth-order valence-electron chi connectivity index (χ4n) is 2.55. The van der Waals surface area contributed by atoms with Crippen LogP contribution in [0.25, 0.3) is 11.5 Å². The lowest BCUT2D eigenvalue weighted by Gasteiger charge is -2.14. The highest BCUT2D eigenvalue weighted by atomic mass is 16.5. The number of aryl methyl sites for hydroxylation is 1. The van der Waals surface area contributed by atoms with E-state index in [1.807, 2.05) is 0 Å². The van der Waals surface area contributed by atoms with Crippen molar-refractivity contribution in [3.05, 3.63) is 18.3 Å². The molecule has 1 N–H and O–H groups in total. The first-order valence-electron chi connectivity index (χ1n) is 7.40. The third-order valence-corrected chi connectivity index (χ3v) is 3.61. The Kier molecular flexibility index (Phi) is 4.40. The molecular formula is C14H20N6O. The normalized spacial score (nSPS) is 15.5. The topological polar surface area (TPSA) is 80.0 Å². The Morgan fingerprint density at radius 3 is 2.95 bits per heavy atom. The number of likely N-dealkylation sites (tertiary alicyclic amines) is 1. The molecule has 0 unspecified atom stereocenters. The zero-order valence-electron chi connectivity index (χ0n) is 12.2. The second-order valence-corrected chi connectivity index (χ2v) is 5.26. The molecule has 1 saturated heterocycles. The molecule has 1 aliphatic rings. The van der Waals surface area contributed by atoms with E-state index in [2.05, 4.69) is 30.3 Å². The lowest BCUT2D eigenvalue weighted by molar-refractivity contribution is 0.337. The van der Waals surface area contributed by atoms with Crippen LogP contribution in [0.4, 0.5) is 5.82 Å². The number of hydrogen-bond acceptors (Lipinski definition) is 7.